The highest BCUT2D eigenvalue weighted by molar-refractivity contribution is 8.15. The van der Waals surface area contributed by atoms with Crippen LogP contribution in [0.2, 0.25) is 0 Å². The van der Waals surface area contributed by atoms with Gasteiger partial charge in [-0.15, -0.1) is 4.91 Å². The molecule has 3 unspecified atom stereocenters. The fourth-order valence-electron chi connectivity index (χ4n) is 2.87. The Kier molecular flexibility index (Phi) is 1.90. The first-order valence-corrected chi connectivity index (χ1v) is 6.31. The van der Waals surface area contributed by atoms with Crippen LogP contribution in [0.3, 0.4) is 0 Å². The Bertz CT molecular complexity index is 342. The van der Waals surface area contributed by atoms with Gasteiger partial charge in [0.05, 0.1) is 10.8 Å². The molecule has 1 saturated heterocycles. The highest BCUT2D eigenvalue weighted by Gasteiger charge is 2.52. The van der Waals surface area contributed by atoms with Crippen LogP contribution in [-0.4, -0.2) is 33.1 Å². The Hall–Kier alpha value is -0.580. The Morgan fingerprint density at radius 3 is 3.07 bits per heavy atom. The molecule has 0 amide bonds. The van der Waals surface area contributed by atoms with Crippen molar-refractivity contribution >= 4 is 16.9 Å². The maximum atomic E-state index is 11.0. The van der Waals surface area contributed by atoms with E-state index in [1.165, 1.54) is 12.8 Å². The van der Waals surface area contributed by atoms with E-state index in [0.29, 0.717) is 12.1 Å². The number of nitrogens with zero attached hydrogens (tertiary/aromatic N) is 3. The molecule has 2 heterocycles. The molecule has 1 aliphatic carbocycles. The lowest BCUT2D eigenvalue weighted by molar-refractivity contribution is 0.218. The second kappa shape index (κ2) is 2.97. The van der Waals surface area contributed by atoms with Gasteiger partial charge < -0.3 is 4.90 Å². The highest BCUT2D eigenvalue weighted by atomic mass is 32.2. The number of fused-ring (bicyclic) bond motifs is 4. The molecule has 0 aromatic carbocycles. The molecule has 0 radical (unpaired) electrons. The summed E-state index contributed by atoms with van der Waals surface area (Å²) in [6.07, 6.45) is 3.23. The van der Waals surface area contributed by atoms with Gasteiger partial charge in [-0.3, -0.25) is 4.99 Å². The first-order valence-electron chi connectivity index (χ1n) is 5.49. The van der Waals surface area contributed by atoms with Crippen LogP contribution in [-0.2, 0) is 0 Å². The third-order valence-electron chi connectivity index (χ3n) is 3.62. The minimum absolute atomic E-state index is 0.120. The lowest BCUT2D eigenvalue weighted by Gasteiger charge is -2.32. The molecule has 0 aromatic heterocycles. The molecule has 3 atom stereocenters. The Balaban J connectivity index is 2.01. The van der Waals surface area contributed by atoms with Crippen LogP contribution in [0.4, 0.5) is 0 Å². The van der Waals surface area contributed by atoms with Crippen LogP contribution in [0.25, 0.3) is 0 Å². The SMILES string of the molecule is CC1(C)SC2=NC3CCC(C3)N2C1N=O. The van der Waals surface area contributed by atoms with Crippen molar-refractivity contribution in [3.63, 3.8) is 0 Å². The fourth-order valence-corrected chi connectivity index (χ4v) is 4.16. The smallest absolute Gasteiger partial charge is 0.179 e. The van der Waals surface area contributed by atoms with E-state index in [9.17, 15) is 4.91 Å². The zero-order valence-electron chi connectivity index (χ0n) is 9.01. The van der Waals surface area contributed by atoms with Crippen molar-refractivity contribution in [2.75, 3.05) is 0 Å². The maximum Gasteiger partial charge on any atom is 0.179 e. The van der Waals surface area contributed by atoms with E-state index in [2.05, 4.69) is 23.9 Å². The number of nitroso groups, excluding NO2 is 1. The molecule has 2 aliphatic heterocycles. The summed E-state index contributed by atoms with van der Waals surface area (Å²) in [6.45, 7) is 4.16. The van der Waals surface area contributed by atoms with E-state index in [-0.39, 0.29) is 10.9 Å². The monoisotopic (exact) mass is 225 g/mol. The summed E-state index contributed by atoms with van der Waals surface area (Å²) in [6, 6.07) is 1.02. The average Bonchev–Trinajstić information content (AvgIpc) is 2.65. The van der Waals surface area contributed by atoms with Crippen molar-refractivity contribution < 1.29 is 0 Å². The van der Waals surface area contributed by atoms with Crippen LogP contribution >= 0.6 is 11.8 Å². The van der Waals surface area contributed by atoms with Crippen molar-refractivity contribution in [3.05, 3.63) is 4.91 Å². The Morgan fingerprint density at radius 1 is 1.53 bits per heavy atom. The predicted molar refractivity (Wildman–Crippen MR) is 62.0 cm³/mol. The van der Waals surface area contributed by atoms with Crippen molar-refractivity contribution in [1.29, 1.82) is 0 Å². The summed E-state index contributed by atoms with van der Waals surface area (Å²) in [4.78, 5) is 17.9. The molecular formula is C10H15N3OS. The summed E-state index contributed by atoms with van der Waals surface area (Å²) < 4.78 is -0.120. The van der Waals surface area contributed by atoms with Gasteiger partial charge in [-0.1, -0.05) is 11.8 Å². The van der Waals surface area contributed by atoms with Crippen LogP contribution in [0, 0.1) is 4.91 Å². The van der Waals surface area contributed by atoms with Gasteiger partial charge in [0.2, 0.25) is 0 Å². The summed E-state index contributed by atoms with van der Waals surface area (Å²) in [5.41, 5.74) is 0. The number of aliphatic imine (C=N–C) groups is 1. The number of hydrogen-bond donors (Lipinski definition) is 0. The molecule has 15 heavy (non-hydrogen) atoms. The summed E-state index contributed by atoms with van der Waals surface area (Å²) in [7, 11) is 0. The lowest BCUT2D eigenvalue weighted by Crippen LogP contribution is -2.46. The Morgan fingerprint density at radius 2 is 2.33 bits per heavy atom. The standard InChI is InChI=1S/C10H15N3OS/c1-10(2)8(12-14)13-7-4-3-6(5-7)11-9(13)15-10/h6-8H,3-5H2,1-2H3. The lowest BCUT2D eigenvalue weighted by atomic mass is 10.1. The zero-order valence-corrected chi connectivity index (χ0v) is 9.83. The molecule has 2 fully saturated rings. The number of hydrogen-bond acceptors (Lipinski definition) is 5. The highest BCUT2D eigenvalue weighted by Crippen LogP contribution is 2.48. The first kappa shape index (κ1) is 9.63. The van der Waals surface area contributed by atoms with E-state index >= 15 is 0 Å². The molecule has 4 nitrogen and oxygen atoms in total. The van der Waals surface area contributed by atoms with Gasteiger partial charge in [0.1, 0.15) is 0 Å². The minimum Gasteiger partial charge on any atom is -0.322 e. The molecule has 5 heteroatoms. The molecule has 3 rings (SSSR count). The number of thioether (sulfide) groups is 1. The van der Waals surface area contributed by atoms with E-state index < -0.39 is 0 Å². The van der Waals surface area contributed by atoms with Crippen molar-refractivity contribution in [2.24, 2.45) is 10.2 Å². The normalized spacial score (nSPS) is 41.3. The molecule has 0 N–H and O–H groups in total. The summed E-state index contributed by atoms with van der Waals surface area (Å²) in [5, 5.41) is 4.37. The number of rotatable bonds is 1. The van der Waals surface area contributed by atoms with Crippen LogP contribution in [0.1, 0.15) is 33.1 Å². The quantitative estimate of drug-likeness (QED) is 0.643. The van der Waals surface area contributed by atoms with Gasteiger partial charge in [0.15, 0.2) is 11.3 Å². The van der Waals surface area contributed by atoms with Crippen LogP contribution in [0.5, 0.6) is 0 Å². The van der Waals surface area contributed by atoms with E-state index in [4.69, 9.17) is 4.99 Å². The van der Waals surface area contributed by atoms with Crippen molar-refractivity contribution in [1.82, 2.24) is 4.90 Å². The minimum atomic E-state index is -0.231. The topological polar surface area (TPSA) is 45.0 Å². The van der Waals surface area contributed by atoms with Gasteiger partial charge in [0, 0.05) is 6.04 Å². The molecule has 3 aliphatic rings. The van der Waals surface area contributed by atoms with Gasteiger partial charge in [-0.25, -0.2) is 0 Å². The Labute approximate surface area is 93.5 Å². The van der Waals surface area contributed by atoms with E-state index in [1.807, 2.05) is 0 Å². The van der Waals surface area contributed by atoms with Crippen LogP contribution < -0.4 is 0 Å². The summed E-state index contributed by atoms with van der Waals surface area (Å²) >= 11 is 1.71. The van der Waals surface area contributed by atoms with E-state index in [1.54, 1.807) is 11.8 Å². The number of amidine groups is 1. The van der Waals surface area contributed by atoms with Gasteiger partial charge in [0.25, 0.3) is 0 Å². The van der Waals surface area contributed by atoms with Crippen molar-refractivity contribution in [3.8, 4) is 0 Å². The first-order chi connectivity index (χ1) is 7.12. The molecule has 82 valence electrons. The maximum absolute atomic E-state index is 11.0. The van der Waals surface area contributed by atoms with Gasteiger partial charge in [-0.2, -0.15) is 0 Å². The third-order valence-corrected chi connectivity index (χ3v) is 4.86. The predicted octanol–water partition coefficient (Wildman–Crippen LogP) is 2.20. The zero-order chi connectivity index (χ0) is 10.6. The summed E-state index contributed by atoms with van der Waals surface area (Å²) in [5.74, 6) is 0. The van der Waals surface area contributed by atoms with Crippen molar-refractivity contribution in [2.45, 2.75) is 56.1 Å². The molecular weight excluding hydrogens is 210 g/mol. The molecule has 2 bridgehead atoms. The largest absolute Gasteiger partial charge is 0.322 e. The second-order valence-corrected chi connectivity index (χ2v) is 6.75. The van der Waals surface area contributed by atoms with E-state index in [0.717, 1.165) is 11.6 Å². The third kappa shape index (κ3) is 1.25. The molecule has 0 spiro atoms. The molecule has 0 aromatic rings. The second-order valence-electron chi connectivity index (χ2n) is 5.12. The molecule has 1 saturated carbocycles. The fraction of sp³-hybridized carbons (Fsp3) is 0.900. The van der Waals surface area contributed by atoms with Gasteiger partial charge >= 0.3 is 0 Å². The average molecular weight is 225 g/mol. The van der Waals surface area contributed by atoms with Crippen LogP contribution in [0.15, 0.2) is 10.2 Å². The van der Waals surface area contributed by atoms with Gasteiger partial charge in [-0.05, 0) is 38.3 Å².